The summed E-state index contributed by atoms with van der Waals surface area (Å²) in [6.07, 6.45) is 2.49. The maximum Gasteiger partial charge on any atom is 0.311 e. The largest absolute Gasteiger partial charge is 0.481 e. The first kappa shape index (κ1) is 29.3. The molecule has 9 heteroatoms. The van der Waals surface area contributed by atoms with Gasteiger partial charge in [-0.1, -0.05) is 25.2 Å². The summed E-state index contributed by atoms with van der Waals surface area (Å²) in [5.41, 5.74) is 0.893. The van der Waals surface area contributed by atoms with E-state index in [0.29, 0.717) is 12.8 Å². The van der Waals surface area contributed by atoms with E-state index in [9.17, 15) is 30.0 Å². The molecule has 0 heterocycles. The van der Waals surface area contributed by atoms with Crippen LogP contribution >= 0.6 is 0 Å². The van der Waals surface area contributed by atoms with Gasteiger partial charge in [-0.05, 0) is 50.5 Å². The number of carbonyl (C=O) groups is 2. The molecule has 2 rings (SSSR count). The molecule has 5 N–H and O–H groups in total. The number of ether oxygens (including phenoxy) is 1. The Morgan fingerprint density at radius 1 is 1.19 bits per heavy atom. The second kappa shape index (κ2) is 13.2. The Balaban J connectivity index is 0.00000512. The quantitative estimate of drug-likeness (QED) is 0.239. The van der Waals surface area contributed by atoms with E-state index in [1.54, 1.807) is 13.0 Å². The van der Waals surface area contributed by atoms with Crippen LogP contribution in [0, 0.1) is 23.7 Å². The Bertz CT molecular complexity index is 691. The van der Waals surface area contributed by atoms with Gasteiger partial charge in [-0.2, -0.15) is 0 Å². The van der Waals surface area contributed by atoms with Crippen LogP contribution in [-0.2, 0) is 14.3 Å². The molecule has 2 aliphatic rings. The Hall–Kier alpha value is -0.740. The van der Waals surface area contributed by atoms with Gasteiger partial charge in [-0.3, -0.25) is 9.59 Å². The maximum absolute atomic E-state index is 12.5. The van der Waals surface area contributed by atoms with Gasteiger partial charge in [0.05, 0.1) is 36.8 Å². The average molecular weight is 464 g/mol. The zero-order valence-electron chi connectivity index (χ0n) is 19.4. The first-order valence-corrected chi connectivity index (χ1v) is 11.0. The Kier molecular flexibility index (Phi) is 12.1. The summed E-state index contributed by atoms with van der Waals surface area (Å²) in [6.45, 7) is 5.18. The molecule has 1 radical (unpaired) electrons. The number of allylic oxidation sites excluding steroid dienone is 2. The fraction of sp³-hybridized carbons (Fsp3) is 0.739. The molecule has 0 aromatic rings. The molecule has 0 saturated heterocycles. The zero-order valence-corrected chi connectivity index (χ0v) is 21.4. The molecule has 0 aliphatic heterocycles. The molecule has 0 fully saturated rings. The molecular formula is C23H36NaO8. The smallest absolute Gasteiger partial charge is 0.311 e. The molecule has 0 spiro atoms. The van der Waals surface area contributed by atoms with Crippen LogP contribution in [0.3, 0.4) is 0 Å². The number of fused-ring (bicyclic) bond motifs is 1. The van der Waals surface area contributed by atoms with Gasteiger partial charge in [0.25, 0.3) is 0 Å². The molecule has 0 bridgehead atoms. The van der Waals surface area contributed by atoms with Crippen molar-refractivity contribution in [2.45, 2.75) is 83.4 Å². The number of hydrogen-bond donors (Lipinski definition) is 5. The summed E-state index contributed by atoms with van der Waals surface area (Å²) in [5.74, 6) is -2.27. The van der Waals surface area contributed by atoms with Crippen molar-refractivity contribution in [2.24, 2.45) is 23.7 Å². The summed E-state index contributed by atoms with van der Waals surface area (Å²) < 4.78 is 5.75. The summed E-state index contributed by atoms with van der Waals surface area (Å²) in [5, 5.41) is 48.8. The van der Waals surface area contributed by atoms with Crippen LogP contribution in [0.5, 0.6) is 0 Å². The second-order valence-corrected chi connectivity index (χ2v) is 9.10. The fourth-order valence-electron chi connectivity index (χ4n) is 4.54. The zero-order chi connectivity index (χ0) is 23.3. The van der Waals surface area contributed by atoms with Crippen LogP contribution in [0.4, 0.5) is 0 Å². The summed E-state index contributed by atoms with van der Waals surface area (Å²) in [6, 6.07) is 0. The topological polar surface area (TPSA) is 145 Å². The first-order chi connectivity index (χ1) is 14.5. The van der Waals surface area contributed by atoms with Crippen molar-refractivity contribution in [3.63, 3.8) is 0 Å². The number of hydrogen-bond acceptors (Lipinski definition) is 7. The van der Waals surface area contributed by atoms with E-state index in [2.05, 4.69) is 0 Å². The number of aliphatic carboxylic acids is 1. The van der Waals surface area contributed by atoms with Crippen molar-refractivity contribution in [3.8, 4) is 0 Å². The SMILES string of the molecule is C[C@H](O)[C@H](C)C(=O)O[C@H]1C[C@H](O)C=C2C=C[C@H](C)[C@H](CC[C@@H](O)C[C@@H](O)CC(=O)O)[C@H]21.[Na]. The minimum absolute atomic E-state index is 0. The van der Waals surface area contributed by atoms with Crippen molar-refractivity contribution in [2.75, 3.05) is 0 Å². The number of aliphatic hydroxyl groups is 4. The predicted molar refractivity (Wildman–Crippen MR) is 119 cm³/mol. The summed E-state index contributed by atoms with van der Waals surface area (Å²) in [4.78, 5) is 23.2. The van der Waals surface area contributed by atoms with Gasteiger partial charge in [0.15, 0.2) is 0 Å². The Morgan fingerprint density at radius 2 is 1.84 bits per heavy atom. The monoisotopic (exact) mass is 463 g/mol. The van der Waals surface area contributed by atoms with Crippen molar-refractivity contribution >= 4 is 41.5 Å². The van der Waals surface area contributed by atoms with E-state index in [1.165, 1.54) is 6.92 Å². The van der Waals surface area contributed by atoms with E-state index in [1.807, 2.05) is 19.1 Å². The van der Waals surface area contributed by atoms with E-state index in [0.717, 1.165) is 5.57 Å². The minimum atomic E-state index is -1.11. The van der Waals surface area contributed by atoms with Gasteiger partial charge in [0.2, 0.25) is 0 Å². The van der Waals surface area contributed by atoms with Crippen LogP contribution in [-0.4, -0.2) is 97.5 Å². The molecule has 0 aromatic carbocycles. The molecule has 0 saturated carbocycles. The van der Waals surface area contributed by atoms with E-state index < -0.39 is 54.8 Å². The molecule has 2 aliphatic carbocycles. The summed E-state index contributed by atoms with van der Waals surface area (Å²) in [7, 11) is 0. The van der Waals surface area contributed by atoms with Crippen molar-refractivity contribution in [1.82, 2.24) is 0 Å². The molecule has 8 nitrogen and oxygen atoms in total. The molecule has 0 unspecified atom stereocenters. The van der Waals surface area contributed by atoms with Gasteiger partial charge in [0.1, 0.15) is 6.10 Å². The Labute approximate surface area is 211 Å². The molecule has 0 aromatic heterocycles. The minimum Gasteiger partial charge on any atom is -0.481 e. The van der Waals surface area contributed by atoms with Crippen molar-refractivity contribution in [3.05, 3.63) is 23.8 Å². The van der Waals surface area contributed by atoms with Crippen molar-refractivity contribution in [1.29, 1.82) is 0 Å². The molecular weight excluding hydrogens is 427 g/mol. The number of esters is 1. The Morgan fingerprint density at radius 3 is 2.44 bits per heavy atom. The second-order valence-electron chi connectivity index (χ2n) is 9.10. The number of rotatable bonds is 10. The normalized spacial score (nSPS) is 30.7. The first-order valence-electron chi connectivity index (χ1n) is 11.0. The standard InChI is InChI=1S/C23H36O8.Na/c1-12-4-5-15-8-17(26)10-20(31-23(30)13(2)14(3)24)22(15)19(12)7-6-16(25)9-18(27)11-21(28)29;/h4-5,8,12-14,16-20,22,24-27H,6-7,9-11H2,1-3H3,(H,28,29);/t12-,13-,14-,16+,17+,18+,19-,20-,22-;/m0./s1. The number of aliphatic hydroxyl groups excluding tert-OH is 4. The molecule has 177 valence electrons. The van der Waals surface area contributed by atoms with Gasteiger partial charge in [0, 0.05) is 41.9 Å². The summed E-state index contributed by atoms with van der Waals surface area (Å²) >= 11 is 0. The van der Waals surface area contributed by atoms with Crippen LogP contribution in [0.25, 0.3) is 0 Å². The third-order valence-electron chi connectivity index (χ3n) is 6.52. The molecule has 9 atom stereocenters. The van der Waals surface area contributed by atoms with Gasteiger partial charge in [-0.25, -0.2) is 0 Å². The van der Waals surface area contributed by atoms with Crippen LogP contribution in [0.2, 0.25) is 0 Å². The third-order valence-corrected chi connectivity index (χ3v) is 6.52. The van der Waals surface area contributed by atoms with E-state index in [-0.39, 0.29) is 60.2 Å². The maximum atomic E-state index is 12.5. The molecule has 0 amide bonds. The van der Waals surface area contributed by atoms with Crippen LogP contribution in [0.1, 0.15) is 52.9 Å². The van der Waals surface area contributed by atoms with Gasteiger partial charge in [-0.15, -0.1) is 0 Å². The van der Waals surface area contributed by atoms with E-state index >= 15 is 0 Å². The van der Waals surface area contributed by atoms with Crippen LogP contribution < -0.4 is 0 Å². The average Bonchev–Trinajstić information content (AvgIpc) is 2.65. The van der Waals surface area contributed by atoms with Gasteiger partial charge >= 0.3 is 11.9 Å². The van der Waals surface area contributed by atoms with E-state index in [4.69, 9.17) is 9.84 Å². The van der Waals surface area contributed by atoms with Crippen LogP contribution in [0.15, 0.2) is 23.8 Å². The number of carboxylic acids is 1. The number of carboxylic acid groups (broad SMARTS) is 1. The fourth-order valence-corrected chi connectivity index (χ4v) is 4.54. The third kappa shape index (κ3) is 8.24. The predicted octanol–water partition coefficient (Wildman–Crippen LogP) is 1.03. The number of carbonyl (C=O) groups excluding carboxylic acids is 1. The van der Waals surface area contributed by atoms with Crippen molar-refractivity contribution < 1.29 is 39.9 Å². The molecule has 32 heavy (non-hydrogen) atoms. The van der Waals surface area contributed by atoms with Gasteiger partial charge < -0.3 is 30.3 Å².